The molecule has 15 aromatic rings. The van der Waals surface area contributed by atoms with Crippen LogP contribution in [0.5, 0.6) is 0 Å². The predicted molar refractivity (Wildman–Crippen MR) is 547 cm³/mol. The van der Waals surface area contributed by atoms with Crippen LogP contribution in [0, 0.1) is 11.3 Å². The molecule has 0 fully saturated rings. The summed E-state index contributed by atoms with van der Waals surface area (Å²) in [6.45, 7) is 37.5. The first-order valence-electron chi connectivity index (χ1n) is 47.0. The fraction of sp³-hybridized carbons (Fsp3) is 0.362. The molecule has 2 aliphatic carbocycles. The molecule has 2 aliphatic rings. The number of fused-ring (bicyclic) bond motifs is 12. The lowest BCUT2D eigenvalue weighted by atomic mass is 9.70. The van der Waals surface area contributed by atoms with Crippen molar-refractivity contribution >= 4 is 117 Å². The SMILES string of the molecule is CCCCCCC1(CCCCCC)c2cc(-c3ccc(N(c4ccc(-c5ccc(-c6ccc(/C=C(\C#N)C(=O)O)s6)s5)cc4)c4ccc(-c5ccc6c(c5)C(CCCCCC)(CCCCCC)c5cc(-n7c8ccc(C(C)(C)C)cc8c8cc(C(C)(C)C)ccc87)ccc5-6)s4)s3)ccc2-c2ccc(-n3c4ccc(C(C)(C)C)cc4c4cc(C(C)(C)C)ccc43)cc21. The molecule has 0 aliphatic heterocycles. The molecule has 17 rings (SSSR count). The van der Waals surface area contributed by atoms with Crippen LogP contribution in [-0.4, -0.2) is 20.2 Å². The normalized spacial score (nSPS) is 13.8. The van der Waals surface area contributed by atoms with E-state index in [-0.39, 0.29) is 38.1 Å². The van der Waals surface area contributed by atoms with Gasteiger partial charge in [-0.25, -0.2) is 4.79 Å². The maximum absolute atomic E-state index is 11.8. The Hall–Kier alpha value is -10.1. The molecule has 10 heteroatoms. The molecule has 6 heterocycles. The van der Waals surface area contributed by atoms with Gasteiger partial charge in [-0.15, -0.1) is 45.3 Å². The Morgan fingerprint density at radius 1 is 0.357 bits per heavy atom. The summed E-state index contributed by atoms with van der Waals surface area (Å²) >= 11 is 7.02. The standard InChI is InChI=1S/C116H126N4O2S4/c1-17-21-25-29-61-115(62-30-26-22-18-2)95-66-76(35-46-87(95)89-48-43-84(72-97(89)115)118-99-50-37-79(111(5,6)7)68-91(99)92-69-80(112(8,9)10)38-51-100(92)118)104-57-59-108(125-104)120(83-41-33-75(34-42-83)103-55-56-107(124-103)106-54-45-86(123-106)65-78(74-117)110(121)122)109-60-58-105(126-109)77-36-47-88-90-49-44-85(73-98(90)116(96(88)67-77,63-31-27-23-19-3)64-32-28-24-20-4)119-101-52-39-81(113(11,12)13)70-93(101)94-71-82(114(14,15)16)40-53-102(94)119/h33-60,65-73H,17-32,61-64H2,1-16H3,(H,121,122)/b78-65+. The Morgan fingerprint density at radius 3 is 1.04 bits per heavy atom. The van der Waals surface area contributed by atoms with E-state index < -0.39 is 5.97 Å². The monoisotopic (exact) mass is 1730 g/mol. The van der Waals surface area contributed by atoms with Crippen LogP contribution in [0.1, 0.15) is 289 Å². The number of hydrogen-bond acceptors (Lipinski definition) is 7. The number of nitrogens with zero attached hydrogens (tertiary/aromatic N) is 4. The van der Waals surface area contributed by atoms with Crippen molar-refractivity contribution in [3.63, 3.8) is 0 Å². The Labute approximate surface area is 765 Å². The quantitative estimate of drug-likeness (QED) is 0.0267. The highest BCUT2D eigenvalue weighted by Crippen LogP contribution is 2.60. The van der Waals surface area contributed by atoms with Crippen LogP contribution in [0.15, 0.2) is 224 Å². The molecular formula is C116H126N4O2S4. The Morgan fingerprint density at radius 2 is 0.683 bits per heavy atom. The minimum absolute atomic E-state index is 0.00628. The third-order valence-electron chi connectivity index (χ3n) is 27.7. The second-order valence-electron chi connectivity index (χ2n) is 40.5. The number of aromatic nitrogens is 2. The van der Waals surface area contributed by atoms with E-state index in [2.05, 4.69) is 331 Å². The molecule has 0 amide bonds. The van der Waals surface area contributed by atoms with Gasteiger partial charge in [-0.05, 0) is 282 Å². The molecule has 646 valence electrons. The number of nitriles is 1. The average molecular weight is 1740 g/mol. The maximum atomic E-state index is 11.8. The van der Waals surface area contributed by atoms with Gasteiger partial charge in [0, 0.05) is 78.7 Å². The molecule has 0 saturated carbocycles. The Balaban J connectivity index is 0.777. The largest absolute Gasteiger partial charge is 0.477 e. The zero-order valence-electron chi connectivity index (χ0n) is 77.3. The van der Waals surface area contributed by atoms with E-state index in [4.69, 9.17) is 0 Å². The minimum Gasteiger partial charge on any atom is -0.477 e. The fourth-order valence-corrected chi connectivity index (χ4v) is 24.8. The fourth-order valence-electron chi connectivity index (χ4n) is 20.6. The van der Waals surface area contributed by atoms with Crippen molar-refractivity contribution in [3.8, 4) is 80.8 Å². The smallest absolute Gasteiger partial charge is 0.346 e. The number of aliphatic carboxylic acids is 1. The van der Waals surface area contributed by atoms with E-state index in [1.165, 1.54) is 263 Å². The minimum atomic E-state index is -1.22. The molecule has 0 bridgehead atoms. The van der Waals surface area contributed by atoms with Crippen LogP contribution < -0.4 is 4.90 Å². The van der Waals surface area contributed by atoms with Gasteiger partial charge in [-0.1, -0.05) is 286 Å². The molecule has 0 spiro atoms. The lowest BCUT2D eigenvalue weighted by molar-refractivity contribution is -0.132. The lowest BCUT2D eigenvalue weighted by Crippen LogP contribution is -2.26. The van der Waals surface area contributed by atoms with Gasteiger partial charge >= 0.3 is 5.97 Å². The summed E-state index contributed by atoms with van der Waals surface area (Å²) in [4.78, 5) is 20.9. The van der Waals surface area contributed by atoms with Crippen molar-refractivity contribution in [1.82, 2.24) is 9.13 Å². The predicted octanol–water partition coefficient (Wildman–Crippen LogP) is 35.9. The summed E-state index contributed by atoms with van der Waals surface area (Å²) in [5.41, 5.74) is 28.6. The number of benzene rings is 9. The topological polar surface area (TPSA) is 74.2 Å². The molecule has 126 heavy (non-hydrogen) atoms. The van der Waals surface area contributed by atoms with Crippen LogP contribution in [0.3, 0.4) is 0 Å². The van der Waals surface area contributed by atoms with E-state index in [1.807, 2.05) is 40.9 Å². The Kier molecular flexibility index (Phi) is 24.8. The zero-order chi connectivity index (χ0) is 88.4. The van der Waals surface area contributed by atoms with Crippen LogP contribution in [-0.2, 0) is 37.3 Å². The first-order chi connectivity index (χ1) is 60.5. The van der Waals surface area contributed by atoms with E-state index in [9.17, 15) is 15.2 Å². The highest BCUT2D eigenvalue weighted by atomic mass is 32.1. The van der Waals surface area contributed by atoms with E-state index in [0.29, 0.717) is 0 Å². The number of thiophene rings is 4. The second kappa shape index (κ2) is 35.5. The number of unbranched alkanes of at least 4 members (excludes halogenated alkanes) is 12. The van der Waals surface area contributed by atoms with Crippen molar-refractivity contribution in [3.05, 3.63) is 273 Å². The lowest BCUT2D eigenvalue weighted by Gasteiger charge is -2.33. The molecule has 0 saturated heterocycles. The highest BCUT2D eigenvalue weighted by Gasteiger charge is 2.45. The highest BCUT2D eigenvalue weighted by molar-refractivity contribution is 7.24. The molecule has 0 atom stereocenters. The van der Waals surface area contributed by atoms with Gasteiger partial charge in [0.15, 0.2) is 0 Å². The van der Waals surface area contributed by atoms with Crippen molar-refractivity contribution in [1.29, 1.82) is 5.26 Å². The van der Waals surface area contributed by atoms with Crippen molar-refractivity contribution in [2.24, 2.45) is 0 Å². The molecular weight excluding hydrogens is 1610 g/mol. The van der Waals surface area contributed by atoms with Gasteiger partial charge in [0.2, 0.25) is 0 Å². The maximum Gasteiger partial charge on any atom is 0.346 e. The van der Waals surface area contributed by atoms with Gasteiger partial charge in [0.05, 0.1) is 22.1 Å². The second-order valence-corrected chi connectivity index (χ2v) is 44.8. The van der Waals surface area contributed by atoms with Gasteiger partial charge in [0.1, 0.15) is 21.6 Å². The summed E-state index contributed by atoms with van der Waals surface area (Å²) in [5, 5.41) is 26.8. The summed E-state index contributed by atoms with van der Waals surface area (Å²) < 4.78 is 5.18. The van der Waals surface area contributed by atoms with Gasteiger partial charge in [0.25, 0.3) is 0 Å². The van der Waals surface area contributed by atoms with Crippen LogP contribution >= 0.6 is 45.3 Å². The number of carboxylic acids is 1. The number of hydrogen-bond donors (Lipinski definition) is 1. The van der Waals surface area contributed by atoms with Crippen molar-refractivity contribution in [2.75, 3.05) is 4.90 Å². The van der Waals surface area contributed by atoms with E-state index >= 15 is 0 Å². The van der Waals surface area contributed by atoms with Gasteiger partial charge in [-0.2, -0.15) is 5.26 Å². The zero-order valence-corrected chi connectivity index (χ0v) is 80.5. The van der Waals surface area contributed by atoms with Crippen LogP contribution in [0.25, 0.3) is 124 Å². The van der Waals surface area contributed by atoms with Crippen LogP contribution in [0.2, 0.25) is 0 Å². The van der Waals surface area contributed by atoms with E-state index in [1.54, 1.807) is 11.3 Å². The molecule has 9 aromatic carbocycles. The van der Waals surface area contributed by atoms with Crippen LogP contribution in [0.4, 0.5) is 15.7 Å². The Bertz CT molecular complexity index is 6170. The molecule has 1 N–H and O–H groups in total. The van der Waals surface area contributed by atoms with Crippen molar-refractivity contribution < 1.29 is 9.90 Å². The molecule has 6 nitrogen and oxygen atoms in total. The first-order valence-corrected chi connectivity index (χ1v) is 50.3. The summed E-state index contributed by atoms with van der Waals surface area (Å²) in [6.07, 6.45) is 25.3. The average Bonchev–Trinajstić information content (AvgIpc) is 1.55. The third-order valence-corrected chi connectivity index (χ3v) is 32.3. The van der Waals surface area contributed by atoms with Crippen molar-refractivity contribution in [2.45, 2.75) is 272 Å². The molecule has 0 radical (unpaired) electrons. The summed E-state index contributed by atoms with van der Waals surface area (Å²) in [5.74, 6) is -1.22. The summed E-state index contributed by atoms with van der Waals surface area (Å²) in [6, 6.07) is 88.3. The summed E-state index contributed by atoms with van der Waals surface area (Å²) in [7, 11) is 0. The number of carboxylic acid groups (broad SMARTS) is 1. The number of anilines is 3. The number of carbonyl (C=O) groups is 1. The first kappa shape index (κ1) is 87.9. The third kappa shape index (κ3) is 16.8. The van der Waals surface area contributed by atoms with Gasteiger partial charge in [-0.3, -0.25) is 4.90 Å². The molecule has 0 unspecified atom stereocenters. The van der Waals surface area contributed by atoms with E-state index in [0.717, 1.165) is 66.4 Å². The molecule has 6 aromatic heterocycles. The number of rotatable bonds is 31. The van der Waals surface area contributed by atoms with Gasteiger partial charge < -0.3 is 14.2 Å².